The lowest BCUT2D eigenvalue weighted by Gasteiger charge is -2.24. The number of aliphatic hydroxyl groups excluding tert-OH is 1. The fourth-order valence-electron chi connectivity index (χ4n) is 2.39. The van der Waals surface area contributed by atoms with Gasteiger partial charge >= 0.3 is 0 Å². The van der Waals surface area contributed by atoms with Crippen molar-refractivity contribution in [2.24, 2.45) is 0 Å². The van der Waals surface area contributed by atoms with Crippen molar-refractivity contribution in [3.05, 3.63) is 0 Å². The highest BCUT2D eigenvalue weighted by molar-refractivity contribution is 4.90. The van der Waals surface area contributed by atoms with Crippen LogP contribution in [0.4, 0.5) is 0 Å². The maximum absolute atomic E-state index is 9.52. The zero-order chi connectivity index (χ0) is 12.2. The van der Waals surface area contributed by atoms with E-state index in [4.69, 9.17) is 10.2 Å². The molecule has 0 amide bonds. The van der Waals surface area contributed by atoms with E-state index in [1.807, 2.05) is 6.92 Å². The normalized spacial score (nSPS) is 36.9. The maximum Gasteiger partial charge on any atom is 0.162 e. The molecule has 0 spiro atoms. The molecule has 96 valence electrons. The molecule has 2 unspecified atom stereocenters. The molecular formula is C12H24O4. The average Bonchev–Trinajstić information content (AvgIpc) is 2.76. The molecule has 2 rings (SSSR count). The first-order valence-electron chi connectivity index (χ1n) is 6.25. The molecule has 4 N–H and O–H groups in total. The van der Waals surface area contributed by atoms with Crippen LogP contribution >= 0.6 is 0 Å². The Morgan fingerprint density at radius 2 is 1.56 bits per heavy atom. The van der Waals surface area contributed by atoms with Gasteiger partial charge in [0.1, 0.15) is 0 Å². The Bertz CT molecular complexity index is 209. The van der Waals surface area contributed by atoms with Gasteiger partial charge < -0.3 is 20.4 Å². The predicted molar refractivity (Wildman–Crippen MR) is 60.7 cm³/mol. The minimum atomic E-state index is -1.31. The third kappa shape index (κ3) is 3.70. The van der Waals surface area contributed by atoms with Gasteiger partial charge in [0, 0.05) is 12.8 Å². The van der Waals surface area contributed by atoms with E-state index < -0.39 is 17.5 Å². The van der Waals surface area contributed by atoms with E-state index in [0.29, 0.717) is 19.3 Å². The Hall–Kier alpha value is -0.160. The first-order valence-corrected chi connectivity index (χ1v) is 6.25. The summed E-state index contributed by atoms with van der Waals surface area (Å²) in [6.45, 7) is 1.91. The highest BCUT2D eigenvalue weighted by Gasteiger charge is 2.37. The third-order valence-electron chi connectivity index (χ3n) is 3.72. The Kier molecular flexibility index (Phi) is 4.73. The van der Waals surface area contributed by atoms with E-state index >= 15 is 0 Å². The van der Waals surface area contributed by atoms with Gasteiger partial charge in [0.25, 0.3) is 0 Å². The fraction of sp³-hybridized carbons (Fsp3) is 1.00. The predicted octanol–water partition coefficient (Wildman–Crippen LogP) is 0.914. The molecule has 0 bridgehead atoms. The van der Waals surface area contributed by atoms with E-state index in [0.717, 1.165) is 32.1 Å². The highest BCUT2D eigenvalue weighted by Crippen LogP contribution is 2.32. The Morgan fingerprint density at radius 1 is 1.00 bits per heavy atom. The van der Waals surface area contributed by atoms with Gasteiger partial charge in [0.05, 0.1) is 11.7 Å². The van der Waals surface area contributed by atoms with Crippen LogP contribution in [-0.4, -0.2) is 37.9 Å². The lowest BCUT2D eigenvalue weighted by molar-refractivity contribution is -0.152. The average molecular weight is 232 g/mol. The summed E-state index contributed by atoms with van der Waals surface area (Å²) in [5, 5.41) is 36.2. The summed E-state index contributed by atoms with van der Waals surface area (Å²) in [5.41, 5.74) is -0.750. The molecule has 2 aliphatic carbocycles. The molecule has 0 heterocycles. The van der Waals surface area contributed by atoms with Crippen molar-refractivity contribution in [3.63, 3.8) is 0 Å². The molecule has 0 aromatic carbocycles. The van der Waals surface area contributed by atoms with Crippen molar-refractivity contribution >= 4 is 0 Å². The molecule has 0 aromatic heterocycles. The van der Waals surface area contributed by atoms with Gasteiger partial charge in [0.15, 0.2) is 5.79 Å². The Labute approximate surface area is 96.9 Å². The molecular weight excluding hydrogens is 208 g/mol. The fourth-order valence-corrected chi connectivity index (χ4v) is 2.39. The van der Waals surface area contributed by atoms with Gasteiger partial charge in [0.2, 0.25) is 0 Å². The van der Waals surface area contributed by atoms with E-state index in [9.17, 15) is 10.2 Å². The second-order valence-corrected chi connectivity index (χ2v) is 5.05. The molecule has 0 aliphatic heterocycles. The molecule has 16 heavy (non-hydrogen) atoms. The molecule has 2 saturated carbocycles. The molecule has 4 nitrogen and oxygen atoms in total. The lowest BCUT2D eigenvalue weighted by atomic mass is 9.97. The second kappa shape index (κ2) is 5.45. The van der Waals surface area contributed by atoms with E-state index in [1.165, 1.54) is 0 Å². The van der Waals surface area contributed by atoms with Crippen LogP contribution in [0.25, 0.3) is 0 Å². The minimum absolute atomic E-state index is 0.470. The van der Waals surface area contributed by atoms with E-state index in [-0.39, 0.29) is 0 Å². The number of hydrogen-bond donors (Lipinski definition) is 4. The van der Waals surface area contributed by atoms with Crippen LogP contribution in [0.5, 0.6) is 0 Å². The minimum Gasteiger partial charge on any atom is -0.390 e. The third-order valence-corrected chi connectivity index (χ3v) is 3.72. The largest absolute Gasteiger partial charge is 0.390 e. The molecule has 0 radical (unpaired) electrons. The van der Waals surface area contributed by atoms with Gasteiger partial charge in [-0.15, -0.1) is 0 Å². The molecule has 2 aliphatic rings. The summed E-state index contributed by atoms with van der Waals surface area (Å²) in [4.78, 5) is 0. The van der Waals surface area contributed by atoms with Crippen LogP contribution in [0.1, 0.15) is 58.3 Å². The summed E-state index contributed by atoms with van der Waals surface area (Å²) in [5.74, 6) is -1.31. The second-order valence-electron chi connectivity index (χ2n) is 5.05. The monoisotopic (exact) mass is 232 g/mol. The first kappa shape index (κ1) is 13.9. The summed E-state index contributed by atoms with van der Waals surface area (Å²) in [7, 11) is 0. The Balaban J connectivity index is 0.000000165. The first-order chi connectivity index (χ1) is 7.40. The van der Waals surface area contributed by atoms with Gasteiger partial charge in [-0.05, 0) is 38.5 Å². The van der Waals surface area contributed by atoms with Gasteiger partial charge in [-0.1, -0.05) is 6.92 Å². The van der Waals surface area contributed by atoms with Gasteiger partial charge in [-0.3, -0.25) is 0 Å². The van der Waals surface area contributed by atoms with Crippen molar-refractivity contribution in [1.29, 1.82) is 0 Å². The van der Waals surface area contributed by atoms with Crippen molar-refractivity contribution in [3.8, 4) is 0 Å². The molecule has 2 atom stereocenters. The topological polar surface area (TPSA) is 80.9 Å². The van der Waals surface area contributed by atoms with Crippen LogP contribution in [0.2, 0.25) is 0 Å². The summed E-state index contributed by atoms with van der Waals surface area (Å²) < 4.78 is 0. The molecule has 0 aromatic rings. The summed E-state index contributed by atoms with van der Waals surface area (Å²) in [6.07, 6.45) is 5.76. The summed E-state index contributed by atoms with van der Waals surface area (Å²) in [6, 6.07) is 0. The SMILES string of the molecule is CCC1(O)CCCC1O.OC1(O)CCCC1. The highest BCUT2D eigenvalue weighted by atomic mass is 16.5. The molecule has 4 heteroatoms. The number of rotatable bonds is 1. The zero-order valence-electron chi connectivity index (χ0n) is 10.0. The number of aliphatic hydroxyl groups is 4. The summed E-state index contributed by atoms with van der Waals surface area (Å²) >= 11 is 0. The Morgan fingerprint density at radius 3 is 1.75 bits per heavy atom. The lowest BCUT2D eigenvalue weighted by Crippen LogP contribution is -2.36. The van der Waals surface area contributed by atoms with Gasteiger partial charge in [-0.2, -0.15) is 0 Å². The van der Waals surface area contributed by atoms with Gasteiger partial charge in [-0.25, -0.2) is 0 Å². The molecule has 2 fully saturated rings. The van der Waals surface area contributed by atoms with E-state index in [1.54, 1.807) is 0 Å². The van der Waals surface area contributed by atoms with Crippen molar-refractivity contribution in [2.45, 2.75) is 75.8 Å². The van der Waals surface area contributed by atoms with Crippen LogP contribution in [0, 0.1) is 0 Å². The smallest absolute Gasteiger partial charge is 0.162 e. The van der Waals surface area contributed by atoms with Crippen LogP contribution < -0.4 is 0 Å². The standard InChI is InChI=1S/C7H14O2.C5H10O2/c1-2-7(9)5-3-4-6(7)8;6-5(7)3-1-2-4-5/h6,8-9H,2-5H2,1H3;6-7H,1-4H2. The van der Waals surface area contributed by atoms with E-state index in [2.05, 4.69) is 0 Å². The van der Waals surface area contributed by atoms with Crippen LogP contribution in [0.15, 0.2) is 0 Å². The van der Waals surface area contributed by atoms with Crippen LogP contribution in [-0.2, 0) is 0 Å². The van der Waals surface area contributed by atoms with Crippen molar-refractivity contribution in [2.75, 3.05) is 0 Å². The van der Waals surface area contributed by atoms with Crippen molar-refractivity contribution in [1.82, 2.24) is 0 Å². The maximum atomic E-state index is 9.52. The quantitative estimate of drug-likeness (QED) is 0.507. The van der Waals surface area contributed by atoms with Crippen molar-refractivity contribution < 1.29 is 20.4 Å². The zero-order valence-corrected chi connectivity index (χ0v) is 10.0. The number of hydrogen-bond acceptors (Lipinski definition) is 4. The van der Waals surface area contributed by atoms with Crippen LogP contribution in [0.3, 0.4) is 0 Å². The molecule has 0 saturated heterocycles.